The molecule has 2 nitrogen and oxygen atoms in total. The highest BCUT2D eigenvalue weighted by Crippen LogP contribution is 2.31. The Kier molecular flexibility index (Phi) is 5.56. The summed E-state index contributed by atoms with van der Waals surface area (Å²) in [5.41, 5.74) is 0. The number of esters is 1. The first kappa shape index (κ1) is 17.3. The molecule has 0 saturated heterocycles. The number of hydrogen-bond donors (Lipinski definition) is 0. The molecular weight excluding hydrogens is 328 g/mol. The molecule has 25 heavy (non-hydrogen) atoms. The second-order valence-electron chi connectivity index (χ2n) is 5.98. The van der Waals surface area contributed by atoms with Crippen LogP contribution in [0.5, 0.6) is 5.75 Å². The van der Waals surface area contributed by atoms with Crippen LogP contribution < -0.4 is 4.74 Å². The molecule has 0 aliphatic rings. The smallest absolute Gasteiger partial charge is 0.313 e. The summed E-state index contributed by atoms with van der Waals surface area (Å²) >= 11 is 0. The van der Waals surface area contributed by atoms with Crippen molar-refractivity contribution in [2.45, 2.75) is 28.5 Å². The fourth-order valence-electron chi connectivity index (χ4n) is 2.40. The van der Waals surface area contributed by atoms with E-state index in [1.807, 2.05) is 50.2 Å². The fraction of sp³-hybridized carbons (Fsp3) is 0.136. The number of rotatable bonds is 5. The van der Waals surface area contributed by atoms with Crippen LogP contribution in [-0.2, 0) is 15.7 Å². The van der Waals surface area contributed by atoms with Gasteiger partial charge in [0.15, 0.2) is 14.7 Å². The van der Waals surface area contributed by atoms with Crippen molar-refractivity contribution in [2.75, 3.05) is 0 Å². The van der Waals surface area contributed by atoms with Gasteiger partial charge in [-0.1, -0.05) is 50.2 Å². The van der Waals surface area contributed by atoms with Gasteiger partial charge < -0.3 is 4.74 Å². The Morgan fingerprint density at radius 1 is 0.720 bits per heavy atom. The van der Waals surface area contributed by atoms with Crippen molar-refractivity contribution in [3.05, 3.63) is 84.9 Å². The molecule has 0 bridgehead atoms. The van der Waals surface area contributed by atoms with Crippen molar-refractivity contribution < 1.29 is 9.53 Å². The Bertz CT molecular complexity index is 772. The lowest BCUT2D eigenvalue weighted by atomic mass is 10.2. The van der Waals surface area contributed by atoms with Crippen LogP contribution in [-0.4, -0.2) is 5.97 Å². The van der Waals surface area contributed by atoms with Crippen LogP contribution in [0.4, 0.5) is 0 Å². The topological polar surface area (TPSA) is 26.3 Å². The number of hydrogen-bond acceptors (Lipinski definition) is 2. The van der Waals surface area contributed by atoms with Crippen molar-refractivity contribution in [2.24, 2.45) is 5.92 Å². The minimum absolute atomic E-state index is 0.136. The molecule has 3 rings (SSSR count). The highest BCUT2D eigenvalue weighted by molar-refractivity contribution is 7.97. The van der Waals surface area contributed by atoms with Gasteiger partial charge in [-0.2, -0.15) is 0 Å². The molecule has 3 heteroatoms. The maximum absolute atomic E-state index is 11.8. The molecule has 0 N–H and O–H groups in total. The van der Waals surface area contributed by atoms with Gasteiger partial charge in [0, 0.05) is 0 Å². The van der Waals surface area contributed by atoms with E-state index in [1.165, 1.54) is 14.7 Å². The van der Waals surface area contributed by atoms with Crippen LogP contribution in [0.1, 0.15) is 13.8 Å². The standard InChI is InChI=1S/C22H21O2S/c1-17(2)22(23)24-18-13-15-21(16-14-18)25(19-9-5-3-6-10-19)20-11-7-4-8-12-20/h3-17H,1-2H3/q+1. The summed E-state index contributed by atoms with van der Waals surface area (Å²) in [6.07, 6.45) is 0. The van der Waals surface area contributed by atoms with Crippen molar-refractivity contribution >= 4 is 16.9 Å². The predicted molar refractivity (Wildman–Crippen MR) is 102 cm³/mol. The molecule has 0 aliphatic heterocycles. The van der Waals surface area contributed by atoms with Gasteiger partial charge in [0.05, 0.1) is 16.8 Å². The quantitative estimate of drug-likeness (QED) is 0.353. The van der Waals surface area contributed by atoms with Gasteiger partial charge in [0.1, 0.15) is 5.75 Å². The highest BCUT2D eigenvalue weighted by Gasteiger charge is 2.28. The normalized spacial score (nSPS) is 10.9. The first-order valence-electron chi connectivity index (χ1n) is 8.31. The van der Waals surface area contributed by atoms with E-state index < -0.39 is 0 Å². The van der Waals surface area contributed by atoms with E-state index in [2.05, 4.69) is 48.5 Å². The summed E-state index contributed by atoms with van der Waals surface area (Å²) in [4.78, 5) is 15.5. The zero-order chi connectivity index (χ0) is 17.6. The van der Waals surface area contributed by atoms with Gasteiger partial charge in [-0.15, -0.1) is 0 Å². The maximum atomic E-state index is 11.8. The molecule has 0 saturated carbocycles. The molecule has 126 valence electrons. The molecule has 0 aliphatic carbocycles. The molecule has 0 radical (unpaired) electrons. The third kappa shape index (κ3) is 4.31. The molecule has 0 heterocycles. The molecule has 0 amide bonds. The number of carbonyl (C=O) groups excluding carboxylic acids is 1. The van der Waals surface area contributed by atoms with Gasteiger partial charge in [0.2, 0.25) is 0 Å². The lowest BCUT2D eigenvalue weighted by Crippen LogP contribution is -2.14. The Balaban J connectivity index is 1.93. The van der Waals surface area contributed by atoms with Gasteiger partial charge in [-0.05, 0) is 48.5 Å². The first-order valence-corrected chi connectivity index (χ1v) is 9.54. The molecule has 0 unspecified atom stereocenters. The zero-order valence-electron chi connectivity index (χ0n) is 14.4. The average molecular weight is 349 g/mol. The Labute approximate surface area is 151 Å². The summed E-state index contributed by atoms with van der Waals surface area (Å²) in [5.74, 6) is 0.243. The van der Waals surface area contributed by atoms with Crippen LogP contribution in [0.3, 0.4) is 0 Å². The SMILES string of the molecule is CC(C)C(=O)Oc1ccc([S+](c2ccccc2)c2ccccc2)cc1. The summed E-state index contributed by atoms with van der Waals surface area (Å²) in [6, 6.07) is 28.8. The van der Waals surface area contributed by atoms with Crippen molar-refractivity contribution in [1.29, 1.82) is 0 Å². The van der Waals surface area contributed by atoms with E-state index in [1.54, 1.807) is 0 Å². The number of ether oxygens (including phenoxy) is 1. The number of benzene rings is 3. The summed E-state index contributed by atoms with van der Waals surface area (Å²) < 4.78 is 5.39. The molecule has 3 aromatic carbocycles. The van der Waals surface area contributed by atoms with Crippen molar-refractivity contribution in [1.82, 2.24) is 0 Å². The average Bonchev–Trinajstić information content (AvgIpc) is 2.65. The van der Waals surface area contributed by atoms with Crippen molar-refractivity contribution in [3.8, 4) is 5.75 Å². The molecule has 3 aromatic rings. The van der Waals surface area contributed by atoms with Crippen molar-refractivity contribution in [3.63, 3.8) is 0 Å². The van der Waals surface area contributed by atoms with Crippen LogP contribution in [0.15, 0.2) is 99.6 Å². The lowest BCUT2D eigenvalue weighted by Gasteiger charge is -2.09. The van der Waals surface area contributed by atoms with E-state index in [0.717, 1.165) is 0 Å². The Morgan fingerprint density at radius 2 is 1.16 bits per heavy atom. The molecule has 0 atom stereocenters. The molecule has 0 aromatic heterocycles. The maximum Gasteiger partial charge on any atom is 0.313 e. The summed E-state index contributed by atoms with van der Waals surface area (Å²) in [7, 11) is -0.185. The largest absolute Gasteiger partial charge is 0.426 e. The fourth-order valence-corrected chi connectivity index (χ4v) is 4.48. The third-order valence-electron chi connectivity index (χ3n) is 3.71. The lowest BCUT2D eigenvalue weighted by molar-refractivity contribution is -0.137. The Hall–Kier alpha value is -2.52. The van der Waals surface area contributed by atoms with Crippen LogP contribution in [0, 0.1) is 5.92 Å². The van der Waals surface area contributed by atoms with Gasteiger partial charge in [-0.3, -0.25) is 4.79 Å². The monoisotopic (exact) mass is 349 g/mol. The minimum atomic E-state index is -0.210. The summed E-state index contributed by atoms with van der Waals surface area (Å²) in [6.45, 7) is 3.66. The first-order chi connectivity index (χ1) is 12.1. The molecular formula is C22H21O2S+. The Morgan fingerprint density at radius 3 is 1.60 bits per heavy atom. The van der Waals surface area contributed by atoms with Gasteiger partial charge >= 0.3 is 5.97 Å². The van der Waals surface area contributed by atoms with E-state index >= 15 is 0 Å². The highest BCUT2D eigenvalue weighted by atomic mass is 32.2. The zero-order valence-corrected chi connectivity index (χ0v) is 15.2. The summed E-state index contributed by atoms with van der Waals surface area (Å²) in [5, 5.41) is 0. The van der Waals surface area contributed by atoms with E-state index in [9.17, 15) is 4.79 Å². The van der Waals surface area contributed by atoms with E-state index in [4.69, 9.17) is 4.74 Å². The number of carbonyl (C=O) groups is 1. The van der Waals surface area contributed by atoms with Gasteiger partial charge in [0.25, 0.3) is 0 Å². The third-order valence-corrected chi connectivity index (χ3v) is 5.94. The van der Waals surface area contributed by atoms with Gasteiger partial charge in [-0.25, -0.2) is 0 Å². The second-order valence-corrected chi connectivity index (χ2v) is 8.01. The van der Waals surface area contributed by atoms with E-state index in [-0.39, 0.29) is 22.8 Å². The minimum Gasteiger partial charge on any atom is -0.426 e. The predicted octanol–water partition coefficient (Wildman–Crippen LogP) is 5.34. The van der Waals surface area contributed by atoms with Crippen LogP contribution in [0.2, 0.25) is 0 Å². The molecule has 0 spiro atoms. The molecule has 0 fully saturated rings. The van der Waals surface area contributed by atoms with E-state index in [0.29, 0.717) is 5.75 Å². The van der Waals surface area contributed by atoms with Crippen LogP contribution in [0.25, 0.3) is 0 Å². The second kappa shape index (κ2) is 8.04. The van der Waals surface area contributed by atoms with Crippen LogP contribution >= 0.6 is 0 Å².